The van der Waals surface area contributed by atoms with Gasteiger partial charge in [-0.3, -0.25) is 19.9 Å². The van der Waals surface area contributed by atoms with Gasteiger partial charge in [0.25, 0.3) is 0 Å². The van der Waals surface area contributed by atoms with Crippen molar-refractivity contribution in [3.63, 3.8) is 0 Å². The number of para-hydroxylation sites is 1. The Morgan fingerprint density at radius 3 is 2.55 bits per heavy atom. The van der Waals surface area contributed by atoms with Gasteiger partial charge in [0.05, 0.1) is 14.2 Å². The number of benzene rings is 2. The van der Waals surface area contributed by atoms with E-state index in [9.17, 15) is 9.59 Å². The fourth-order valence-corrected chi connectivity index (χ4v) is 3.85. The molecule has 0 radical (unpaired) electrons. The molecule has 3 rings (SSSR count). The summed E-state index contributed by atoms with van der Waals surface area (Å²) in [6.45, 7) is 0.514. The average molecular weight is 413 g/mol. The summed E-state index contributed by atoms with van der Waals surface area (Å²) in [4.78, 5) is 28.1. The highest BCUT2D eigenvalue weighted by Gasteiger charge is 2.32. The summed E-state index contributed by atoms with van der Waals surface area (Å²) in [5.41, 5.74) is 1.93. The molecule has 1 heterocycles. The number of aliphatic imine (C=N–C) groups is 1. The van der Waals surface area contributed by atoms with Crippen LogP contribution in [0.3, 0.4) is 0 Å². The first-order valence-corrected chi connectivity index (χ1v) is 10.0. The lowest BCUT2D eigenvalue weighted by atomic mass is 10.1. The van der Waals surface area contributed by atoms with Crippen LogP contribution >= 0.6 is 11.8 Å². The number of amides is 2. The Hall–Kier alpha value is -3.00. The highest BCUT2D eigenvalue weighted by Crippen LogP contribution is 2.28. The number of rotatable bonds is 7. The Kier molecular flexibility index (Phi) is 7.13. The van der Waals surface area contributed by atoms with Gasteiger partial charge in [0, 0.05) is 18.7 Å². The average Bonchev–Trinajstić information content (AvgIpc) is 3.05. The number of amidine groups is 1. The van der Waals surface area contributed by atoms with Crippen LogP contribution < -0.4 is 20.1 Å². The van der Waals surface area contributed by atoms with Gasteiger partial charge < -0.3 is 14.8 Å². The molecule has 152 valence electrons. The van der Waals surface area contributed by atoms with Crippen molar-refractivity contribution in [3.8, 4) is 11.5 Å². The number of hydrogen-bond acceptors (Lipinski definition) is 6. The molecule has 0 bridgehead atoms. The molecule has 1 fully saturated rings. The molecule has 1 aliphatic rings. The van der Waals surface area contributed by atoms with E-state index in [0.29, 0.717) is 29.6 Å². The van der Waals surface area contributed by atoms with E-state index in [2.05, 4.69) is 15.6 Å². The quantitative estimate of drug-likeness (QED) is 0.412. The van der Waals surface area contributed by atoms with Gasteiger partial charge in [-0.05, 0) is 36.2 Å². The summed E-state index contributed by atoms with van der Waals surface area (Å²) in [5, 5.41) is 5.71. The minimum absolute atomic E-state index is 0.161. The maximum Gasteiger partial charge on any atom is 0.240 e. The van der Waals surface area contributed by atoms with Crippen LogP contribution in [-0.4, -0.2) is 43.0 Å². The Bertz CT molecular complexity index is 902. The Balaban J connectivity index is 1.70. The summed E-state index contributed by atoms with van der Waals surface area (Å²) in [5.74, 6) is 0.824. The lowest BCUT2D eigenvalue weighted by Crippen LogP contribution is -2.25. The third kappa shape index (κ3) is 5.74. The van der Waals surface area contributed by atoms with Crippen molar-refractivity contribution in [2.24, 2.45) is 4.99 Å². The fourth-order valence-electron chi connectivity index (χ4n) is 2.83. The van der Waals surface area contributed by atoms with E-state index < -0.39 is 5.25 Å². The van der Waals surface area contributed by atoms with Crippen molar-refractivity contribution in [1.29, 1.82) is 0 Å². The molecule has 0 aliphatic carbocycles. The maximum atomic E-state index is 11.9. The SMILES string of the molecule is COc1ccc(CCN=C(Nc2ccccc2)SC2CC(=O)NC2=O)cc1OC. The summed E-state index contributed by atoms with van der Waals surface area (Å²) >= 11 is 1.27. The second-order valence-electron chi connectivity index (χ2n) is 6.34. The highest BCUT2D eigenvalue weighted by atomic mass is 32.2. The second kappa shape index (κ2) is 9.97. The standard InChI is InChI=1S/C21H23N3O4S/c1-27-16-9-8-14(12-17(16)28-2)10-11-22-21(23-15-6-4-3-5-7-15)29-18-13-19(25)24-20(18)26/h3-9,12,18H,10-11,13H2,1-2H3,(H,22,23)(H,24,25,26). The number of thioether (sulfide) groups is 1. The first-order valence-electron chi connectivity index (χ1n) is 9.17. The van der Waals surface area contributed by atoms with Crippen molar-refractivity contribution in [1.82, 2.24) is 5.32 Å². The monoisotopic (exact) mass is 413 g/mol. The number of methoxy groups -OCH3 is 2. The molecule has 8 heteroatoms. The number of carbonyl (C=O) groups is 2. The molecule has 0 aromatic heterocycles. The number of ether oxygens (including phenoxy) is 2. The van der Waals surface area contributed by atoms with E-state index in [0.717, 1.165) is 11.3 Å². The molecule has 2 aromatic carbocycles. The van der Waals surface area contributed by atoms with E-state index >= 15 is 0 Å². The number of carbonyl (C=O) groups excluding carboxylic acids is 2. The molecular formula is C21H23N3O4S. The second-order valence-corrected chi connectivity index (χ2v) is 7.53. The van der Waals surface area contributed by atoms with Gasteiger partial charge in [-0.1, -0.05) is 36.0 Å². The van der Waals surface area contributed by atoms with Gasteiger partial charge in [0.2, 0.25) is 11.8 Å². The van der Waals surface area contributed by atoms with Crippen LogP contribution in [0.15, 0.2) is 53.5 Å². The Labute approximate surface area is 173 Å². The zero-order valence-electron chi connectivity index (χ0n) is 16.3. The molecule has 7 nitrogen and oxygen atoms in total. The van der Waals surface area contributed by atoms with Gasteiger partial charge in [0.1, 0.15) is 5.25 Å². The minimum atomic E-state index is -0.474. The van der Waals surface area contributed by atoms with Gasteiger partial charge in [-0.2, -0.15) is 0 Å². The molecule has 0 spiro atoms. The zero-order chi connectivity index (χ0) is 20.6. The van der Waals surface area contributed by atoms with Crippen molar-refractivity contribution in [3.05, 3.63) is 54.1 Å². The molecule has 1 atom stereocenters. The van der Waals surface area contributed by atoms with Crippen molar-refractivity contribution < 1.29 is 19.1 Å². The topological polar surface area (TPSA) is 89.0 Å². The van der Waals surface area contributed by atoms with Gasteiger partial charge >= 0.3 is 0 Å². The van der Waals surface area contributed by atoms with Crippen LogP contribution in [-0.2, 0) is 16.0 Å². The number of imide groups is 1. The maximum absolute atomic E-state index is 11.9. The Morgan fingerprint density at radius 1 is 1.14 bits per heavy atom. The highest BCUT2D eigenvalue weighted by molar-refractivity contribution is 8.15. The molecule has 2 N–H and O–H groups in total. The largest absolute Gasteiger partial charge is 0.493 e. The zero-order valence-corrected chi connectivity index (χ0v) is 17.1. The number of nitrogens with zero attached hydrogens (tertiary/aromatic N) is 1. The number of anilines is 1. The minimum Gasteiger partial charge on any atom is -0.493 e. The van der Waals surface area contributed by atoms with Crippen LogP contribution in [0.5, 0.6) is 11.5 Å². The van der Waals surface area contributed by atoms with Crippen LogP contribution in [0, 0.1) is 0 Å². The fraction of sp³-hybridized carbons (Fsp3) is 0.286. The Morgan fingerprint density at radius 2 is 1.90 bits per heavy atom. The van der Waals surface area contributed by atoms with E-state index in [1.54, 1.807) is 14.2 Å². The molecule has 29 heavy (non-hydrogen) atoms. The lowest BCUT2D eigenvalue weighted by Gasteiger charge is -2.12. The first kappa shape index (κ1) is 20.7. The number of hydrogen-bond donors (Lipinski definition) is 2. The van der Waals surface area contributed by atoms with Gasteiger partial charge in [-0.15, -0.1) is 0 Å². The van der Waals surface area contributed by atoms with E-state index in [4.69, 9.17) is 9.47 Å². The van der Waals surface area contributed by atoms with Crippen LogP contribution in [0.2, 0.25) is 0 Å². The van der Waals surface area contributed by atoms with Crippen LogP contribution in [0.1, 0.15) is 12.0 Å². The molecule has 2 amide bonds. The predicted octanol–water partition coefficient (Wildman–Crippen LogP) is 2.86. The molecule has 1 aliphatic heterocycles. The van der Waals surface area contributed by atoms with Gasteiger partial charge in [-0.25, -0.2) is 0 Å². The van der Waals surface area contributed by atoms with E-state index in [1.165, 1.54) is 11.8 Å². The normalized spacial score (nSPS) is 16.5. The van der Waals surface area contributed by atoms with E-state index in [1.807, 2.05) is 48.5 Å². The molecule has 1 saturated heterocycles. The van der Waals surface area contributed by atoms with Crippen molar-refractivity contribution in [2.75, 3.05) is 26.1 Å². The summed E-state index contributed by atoms with van der Waals surface area (Å²) in [6, 6.07) is 15.4. The predicted molar refractivity (Wildman–Crippen MR) is 115 cm³/mol. The third-order valence-corrected chi connectivity index (χ3v) is 5.43. The summed E-state index contributed by atoms with van der Waals surface area (Å²) < 4.78 is 10.6. The molecule has 2 aromatic rings. The third-order valence-electron chi connectivity index (χ3n) is 4.31. The molecular weight excluding hydrogens is 390 g/mol. The van der Waals surface area contributed by atoms with Gasteiger partial charge in [0.15, 0.2) is 16.7 Å². The van der Waals surface area contributed by atoms with Crippen molar-refractivity contribution in [2.45, 2.75) is 18.1 Å². The lowest BCUT2D eigenvalue weighted by molar-refractivity contribution is -0.124. The van der Waals surface area contributed by atoms with Crippen molar-refractivity contribution >= 4 is 34.4 Å². The summed E-state index contributed by atoms with van der Waals surface area (Å²) in [6.07, 6.45) is 0.853. The van der Waals surface area contributed by atoms with Crippen LogP contribution in [0.25, 0.3) is 0 Å². The number of nitrogens with one attached hydrogen (secondary N) is 2. The molecule has 1 unspecified atom stereocenters. The van der Waals surface area contributed by atoms with E-state index in [-0.39, 0.29) is 18.2 Å². The first-order chi connectivity index (χ1) is 14.1. The molecule has 0 saturated carbocycles. The summed E-state index contributed by atoms with van der Waals surface area (Å²) in [7, 11) is 3.21. The van der Waals surface area contributed by atoms with Crippen LogP contribution in [0.4, 0.5) is 5.69 Å². The smallest absolute Gasteiger partial charge is 0.240 e.